The zero-order valence-electron chi connectivity index (χ0n) is 12.8. The van der Waals surface area contributed by atoms with Crippen LogP contribution in [0.1, 0.15) is 5.82 Å². The van der Waals surface area contributed by atoms with Crippen molar-refractivity contribution in [2.75, 3.05) is 0 Å². The Balaban J connectivity index is 2.04. The van der Waals surface area contributed by atoms with Gasteiger partial charge in [-0.3, -0.25) is 14.3 Å². The first-order valence-electron chi connectivity index (χ1n) is 7.07. The quantitative estimate of drug-likeness (QED) is 0.540. The molecule has 0 atom stereocenters. The SMILES string of the molecule is Cc1nn2ncc(-c3ccn(C)n3)c2c(=O)n1-c1c[nH]c(=O)cn1. The molecule has 4 rings (SSSR count). The average molecular weight is 324 g/mol. The Morgan fingerprint density at radius 3 is 2.67 bits per heavy atom. The van der Waals surface area contributed by atoms with Gasteiger partial charge >= 0.3 is 0 Å². The van der Waals surface area contributed by atoms with Crippen molar-refractivity contribution in [2.45, 2.75) is 6.92 Å². The van der Waals surface area contributed by atoms with Gasteiger partial charge in [-0.2, -0.15) is 10.2 Å². The highest BCUT2D eigenvalue weighted by Gasteiger charge is 2.18. The van der Waals surface area contributed by atoms with Crippen LogP contribution in [0.3, 0.4) is 0 Å². The molecule has 10 heteroatoms. The fraction of sp³-hybridized carbons (Fsp3) is 0.143. The molecule has 0 fully saturated rings. The van der Waals surface area contributed by atoms with Gasteiger partial charge in [0, 0.05) is 19.4 Å². The molecule has 120 valence electrons. The fourth-order valence-electron chi connectivity index (χ4n) is 2.52. The average Bonchev–Trinajstić information content (AvgIpc) is 3.15. The predicted octanol–water partition coefficient (Wildman–Crippen LogP) is -0.328. The number of aryl methyl sites for hydroxylation is 2. The van der Waals surface area contributed by atoms with Gasteiger partial charge in [-0.05, 0) is 13.0 Å². The summed E-state index contributed by atoms with van der Waals surface area (Å²) < 4.78 is 4.24. The molecule has 0 amide bonds. The minimum atomic E-state index is -0.350. The summed E-state index contributed by atoms with van der Waals surface area (Å²) in [6.07, 6.45) is 5.81. The molecule has 0 saturated heterocycles. The number of hydrogen-bond acceptors (Lipinski definition) is 6. The first kappa shape index (κ1) is 14.1. The van der Waals surface area contributed by atoms with E-state index in [0.29, 0.717) is 17.1 Å². The normalized spacial score (nSPS) is 11.2. The molecule has 0 aromatic carbocycles. The van der Waals surface area contributed by atoms with Crippen LogP contribution in [0.25, 0.3) is 22.6 Å². The second-order valence-electron chi connectivity index (χ2n) is 5.23. The molecule has 4 aromatic heterocycles. The first-order valence-corrected chi connectivity index (χ1v) is 7.07. The van der Waals surface area contributed by atoms with Crippen LogP contribution in [0, 0.1) is 6.92 Å². The third-order valence-electron chi connectivity index (χ3n) is 3.60. The minimum Gasteiger partial charge on any atom is -0.324 e. The smallest absolute Gasteiger partial charge is 0.286 e. The topological polar surface area (TPSA) is 116 Å². The van der Waals surface area contributed by atoms with Crippen LogP contribution in [0.4, 0.5) is 0 Å². The largest absolute Gasteiger partial charge is 0.324 e. The summed E-state index contributed by atoms with van der Waals surface area (Å²) in [4.78, 5) is 30.7. The van der Waals surface area contributed by atoms with Gasteiger partial charge in [0.15, 0.2) is 11.3 Å². The van der Waals surface area contributed by atoms with Gasteiger partial charge in [-0.1, -0.05) is 0 Å². The number of hydrogen-bond donors (Lipinski definition) is 1. The highest BCUT2D eigenvalue weighted by molar-refractivity contribution is 5.76. The van der Waals surface area contributed by atoms with Gasteiger partial charge < -0.3 is 4.98 Å². The second-order valence-corrected chi connectivity index (χ2v) is 5.23. The number of H-pyrrole nitrogens is 1. The zero-order chi connectivity index (χ0) is 16.8. The van der Waals surface area contributed by atoms with Gasteiger partial charge in [0.05, 0.1) is 23.7 Å². The number of aromatic nitrogens is 8. The molecule has 0 bridgehead atoms. The Morgan fingerprint density at radius 1 is 1.17 bits per heavy atom. The van der Waals surface area contributed by atoms with Crippen LogP contribution in [-0.4, -0.2) is 39.1 Å². The molecule has 24 heavy (non-hydrogen) atoms. The lowest BCUT2D eigenvalue weighted by Crippen LogP contribution is -2.27. The Hall–Kier alpha value is -3.56. The Morgan fingerprint density at radius 2 is 2.00 bits per heavy atom. The van der Waals surface area contributed by atoms with Crippen molar-refractivity contribution in [1.29, 1.82) is 0 Å². The third-order valence-corrected chi connectivity index (χ3v) is 3.60. The molecule has 10 nitrogen and oxygen atoms in total. The Bertz CT molecular complexity index is 1160. The van der Waals surface area contributed by atoms with Gasteiger partial charge in [-0.25, -0.2) is 9.55 Å². The summed E-state index contributed by atoms with van der Waals surface area (Å²) >= 11 is 0. The molecule has 0 saturated carbocycles. The summed E-state index contributed by atoms with van der Waals surface area (Å²) in [6, 6.07) is 1.79. The summed E-state index contributed by atoms with van der Waals surface area (Å²) in [7, 11) is 1.79. The molecule has 0 unspecified atom stereocenters. The molecule has 0 radical (unpaired) electrons. The number of fused-ring (bicyclic) bond motifs is 1. The van der Waals surface area contributed by atoms with Gasteiger partial charge in [-0.15, -0.1) is 9.73 Å². The standard InChI is InChI=1S/C14H12N8O2/c1-8-18-22-13(9(5-17-22)10-3-4-20(2)19-10)14(24)21(8)11-6-16-12(23)7-15-11/h3-7H,1-2H3,(H,16,23). The van der Waals surface area contributed by atoms with Crippen molar-refractivity contribution in [3.8, 4) is 17.1 Å². The lowest BCUT2D eigenvalue weighted by atomic mass is 10.2. The summed E-state index contributed by atoms with van der Waals surface area (Å²) in [5.74, 6) is 0.669. The van der Waals surface area contributed by atoms with E-state index >= 15 is 0 Å². The van der Waals surface area contributed by atoms with E-state index in [1.165, 1.54) is 15.4 Å². The molecule has 1 N–H and O–H groups in total. The molecule has 0 aliphatic carbocycles. The Kier molecular flexibility index (Phi) is 2.92. The number of aromatic amines is 1. The lowest BCUT2D eigenvalue weighted by Gasteiger charge is -2.08. The maximum absolute atomic E-state index is 13.0. The maximum atomic E-state index is 13.0. The molecular weight excluding hydrogens is 312 g/mol. The van der Waals surface area contributed by atoms with Crippen molar-refractivity contribution in [2.24, 2.45) is 7.05 Å². The van der Waals surface area contributed by atoms with E-state index in [9.17, 15) is 9.59 Å². The van der Waals surface area contributed by atoms with Crippen LogP contribution >= 0.6 is 0 Å². The van der Waals surface area contributed by atoms with Crippen LogP contribution in [0.5, 0.6) is 0 Å². The highest BCUT2D eigenvalue weighted by Crippen LogP contribution is 2.20. The summed E-state index contributed by atoms with van der Waals surface area (Å²) in [5.41, 5.74) is 0.784. The fourth-order valence-corrected chi connectivity index (χ4v) is 2.52. The summed E-state index contributed by atoms with van der Waals surface area (Å²) in [6.45, 7) is 1.66. The van der Waals surface area contributed by atoms with Crippen molar-refractivity contribution in [3.63, 3.8) is 0 Å². The van der Waals surface area contributed by atoms with Crippen LogP contribution < -0.4 is 11.1 Å². The first-order chi connectivity index (χ1) is 11.5. The van der Waals surface area contributed by atoms with Crippen molar-refractivity contribution >= 4 is 5.52 Å². The van der Waals surface area contributed by atoms with E-state index < -0.39 is 0 Å². The van der Waals surface area contributed by atoms with Gasteiger partial charge in [0.25, 0.3) is 11.1 Å². The van der Waals surface area contributed by atoms with E-state index in [4.69, 9.17) is 0 Å². The van der Waals surface area contributed by atoms with Gasteiger partial charge in [0.1, 0.15) is 5.82 Å². The monoisotopic (exact) mass is 324 g/mol. The molecule has 4 heterocycles. The Labute approximate surface area is 134 Å². The molecular formula is C14H12N8O2. The van der Waals surface area contributed by atoms with Gasteiger partial charge in [0.2, 0.25) is 0 Å². The van der Waals surface area contributed by atoms with Crippen LogP contribution in [0.2, 0.25) is 0 Å². The minimum absolute atomic E-state index is 0.278. The molecule has 4 aromatic rings. The second kappa shape index (κ2) is 4.98. The van der Waals surface area contributed by atoms with Crippen molar-refractivity contribution < 1.29 is 0 Å². The number of rotatable bonds is 2. The van der Waals surface area contributed by atoms with E-state index in [-0.39, 0.29) is 22.5 Å². The lowest BCUT2D eigenvalue weighted by molar-refractivity contribution is 0.704. The van der Waals surface area contributed by atoms with E-state index in [0.717, 1.165) is 6.20 Å². The summed E-state index contributed by atoms with van der Waals surface area (Å²) in [5, 5.41) is 12.7. The third kappa shape index (κ3) is 2.04. The zero-order valence-corrected chi connectivity index (χ0v) is 12.8. The molecule has 0 aliphatic heterocycles. The predicted molar refractivity (Wildman–Crippen MR) is 83.9 cm³/mol. The highest BCUT2D eigenvalue weighted by atomic mass is 16.1. The van der Waals surface area contributed by atoms with E-state index in [1.807, 2.05) is 0 Å². The van der Waals surface area contributed by atoms with Crippen LogP contribution in [-0.2, 0) is 7.05 Å². The van der Waals surface area contributed by atoms with E-state index in [2.05, 4.69) is 25.3 Å². The number of nitrogens with zero attached hydrogens (tertiary/aromatic N) is 7. The van der Waals surface area contributed by atoms with E-state index in [1.54, 1.807) is 37.1 Å². The maximum Gasteiger partial charge on any atom is 0.286 e. The van der Waals surface area contributed by atoms with Crippen molar-refractivity contribution in [1.82, 2.24) is 39.1 Å². The van der Waals surface area contributed by atoms with Crippen molar-refractivity contribution in [3.05, 3.63) is 57.4 Å². The number of nitrogens with one attached hydrogen (secondary N) is 1. The van der Waals surface area contributed by atoms with Crippen LogP contribution in [0.15, 0.2) is 40.4 Å². The molecule has 0 spiro atoms. The molecule has 0 aliphatic rings.